The number of unbranched alkanes of at least 4 members (excludes halogenated alkanes) is 5. The monoisotopic (exact) mass is 535 g/mol. The second kappa shape index (κ2) is 15.1. The van der Waals surface area contributed by atoms with Crippen molar-refractivity contribution in [1.29, 1.82) is 0 Å². The molecule has 0 aromatic heterocycles. The number of hydrogen-bond donors (Lipinski definition) is 1. The van der Waals surface area contributed by atoms with Crippen molar-refractivity contribution in [1.82, 2.24) is 5.32 Å². The Morgan fingerprint density at radius 2 is 1.65 bits per heavy atom. The molecule has 0 aliphatic heterocycles. The number of aryl methyl sites for hydroxylation is 1. The van der Waals surface area contributed by atoms with Gasteiger partial charge in [0.25, 0.3) is 0 Å². The first-order valence-corrected chi connectivity index (χ1v) is 15.8. The SMILES string of the molecule is CCCCCCCCc1ccc(C2CC[C@@](C=CP(=O)(OCC)OCC)(NC(=O)OC(C)(C)C)C2)cc1. The fourth-order valence-electron chi connectivity index (χ4n) is 4.96. The molecule has 0 bridgehead atoms. The molecule has 2 atom stereocenters. The van der Waals surface area contributed by atoms with Crippen LogP contribution in [0.25, 0.3) is 0 Å². The van der Waals surface area contributed by atoms with Crippen molar-refractivity contribution >= 4 is 13.7 Å². The Balaban J connectivity index is 2.12. The number of amides is 1. The summed E-state index contributed by atoms with van der Waals surface area (Å²) in [5.74, 6) is 1.80. The molecule has 7 heteroatoms. The average molecular weight is 536 g/mol. The van der Waals surface area contributed by atoms with E-state index < -0.39 is 24.8 Å². The van der Waals surface area contributed by atoms with Gasteiger partial charge in [-0.25, -0.2) is 4.79 Å². The number of hydrogen-bond acceptors (Lipinski definition) is 5. The van der Waals surface area contributed by atoms with Gasteiger partial charge in [0, 0.05) is 5.82 Å². The van der Waals surface area contributed by atoms with Crippen LogP contribution in [0.5, 0.6) is 0 Å². The highest BCUT2D eigenvalue weighted by molar-refractivity contribution is 7.57. The van der Waals surface area contributed by atoms with Crippen molar-refractivity contribution < 1.29 is 23.1 Å². The lowest BCUT2D eigenvalue weighted by Crippen LogP contribution is -2.47. The molecule has 210 valence electrons. The molecule has 1 unspecified atom stereocenters. The minimum atomic E-state index is -3.39. The molecule has 1 aliphatic carbocycles. The fraction of sp³-hybridized carbons (Fsp3) is 0.700. The maximum absolute atomic E-state index is 13.1. The van der Waals surface area contributed by atoms with Crippen molar-refractivity contribution in [3.8, 4) is 0 Å². The van der Waals surface area contributed by atoms with Crippen LogP contribution in [0.1, 0.15) is 116 Å². The van der Waals surface area contributed by atoms with E-state index >= 15 is 0 Å². The summed E-state index contributed by atoms with van der Waals surface area (Å²) in [6.07, 6.45) is 12.6. The maximum atomic E-state index is 13.1. The van der Waals surface area contributed by atoms with Gasteiger partial charge in [0.05, 0.1) is 18.8 Å². The van der Waals surface area contributed by atoms with Crippen LogP contribution >= 0.6 is 7.60 Å². The molecular formula is C30H50NO5P. The quantitative estimate of drug-likeness (QED) is 0.179. The summed E-state index contributed by atoms with van der Waals surface area (Å²) in [7, 11) is -3.39. The van der Waals surface area contributed by atoms with Crippen molar-refractivity contribution in [2.45, 2.75) is 123 Å². The molecule has 2 rings (SSSR count). The molecule has 1 N–H and O–H groups in total. The lowest BCUT2D eigenvalue weighted by molar-refractivity contribution is 0.0478. The molecule has 1 amide bonds. The van der Waals surface area contributed by atoms with Gasteiger partial charge in [-0.1, -0.05) is 69.4 Å². The Labute approximate surface area is 225 Å². The number of ether oxygens (including phenoxy) is 1. The van der Waals surface area contributed by atoms with Crippen LogP contribution in [0.2, 0.25) is 0 Å². The van der Waals surface area contributed by atoms with Crippen LogP contribution in [0, 0.1) is 0 Å². The molecule has 1 saturated carbocycles. The highest BCUT2D eigenvalue weighted by atomic mass is 31.2. The molecule has 0 spiro atoms. The van der Waals surface area contributed by atoms with E-state index in [1.165, 1.54) is 55.5 Å². The summed E-state index contributed by atoms with van der Waals surface area (Å²) in [6, 6.07) is 8.96. The van der Waals surface area contributed by atoms with Gasteiger partial charge in [0.2, 0.25) is 0 Å². The summed E-state index contributed by atoms with van der Waals surface area (Å²) in [5.41, 5.74) is 1.36. The first-order valence-electron chi connectivity index (χ1n) is 14.2. The molecule has 0 radical (unpaired) electrons. The first kappa shape index (κ1) is 31.6. The van der Waals surface area contributed by atoms with E-state index in [-0.39, 0.29) is 19.1 Å². The fourth-order valence-corrected chi connectivity index (χ4v) is 6.39. The van der Waals surface area contributed by atoms with E-state index in [1.54, 1.807) is 13.8 Å². The molecule has 1 aliphatic rings. The second-order valence-corrected chi connectivity index (χ2v) is 13.1. The molecule has 1 fully saturated rings. The van der Waals surface area contributed by atoms with Crippen molar-refractivity contribution in [3.05, 3.63) is 47.3 Å². The summed E-state index contributed by atoms with van der Waals surface area (Å²) < 4.78 is 29.6. The van der Waals surface area contributed by atoms with Crippen LogP contribution < -0.4 is 5.32 Å². The van der Waals surface area contributed by atoms with Gasteiger partial charge in [-0.05, 0) is 83.8 Å². The number of carbonyl (C=O) groups is 1. The average Bonchev–Trinajstić information content (AvgIpc) is 3.24. The van der Waals surface area contributed by atoms with Crippen molar-refractivity contribution in [3.63, 3.8) is 0 Å². The van der Waals surface area contributed by atoms with Crippen molar-refractivity contribution in [2.24, 2.45) is 0 Å². The zero-order chi connectivity index (χ0) is 27.4. The van der Waals surface area contributed by atoms with Gasteiger partial charge < -0.3 is 19.1 Å². The van der Waals surface area contributed by atoms with E-state index in [1.807, 2.05) is 26.8 Å². The predicted octanol–water partition coefficient (Wildman–Crippen LogP) is 8.90. The van der Waals surface area contributed by atoms with Gasteiger partial charge in [0.1, 0.15) is 5.60 Å². The Morgan fingerprint density at radius 3 is 2.24 bits per heavy atom. The Morgan fingerprint density at radius 1 is 1.03 bits per heavy atom. The van der Waals surface area contributed by atoms with Gasteiger partial charge in [-0.3, -0.25) is 4.57 Å². The highest BCUT2D eigenvalue weighted by Gasteiger charge is 2.41. The third-order valence-corrected chi connectivity index (χ3v) is 8.51. The van der Waals surface area contributed by atoms with Crippen LogP contribution in [0.3, 0.4) is 0 Å². The lowest BCUT2D eigenvalue weighted by atomic mass is 9.91. The maximum Gasteiger partial charge on any atom is 0.408 e. The zero-order valence-corrected chi connectivity index (χ0v) is 24.9. The molecule has 1 aromatic rings. The Kier molecular flexibility index (Phi) is 12.9. The van der Waals surface area contributed by atoms with E-state index in [0.29, 0.717) is 12.8 Å². The number of benzene rings is 1. The Bertz CT molecular complexity index is 882. The largest absolute Gasteiger partial charge is 0.444 e. The van der Waals surface area contributed by atoms with Crippen LogP contribution in [-0.4, -0.2) is 30.4 Å². The zero-order valence-electron chi connectivity index (χ0n) is 24.0. The third-order valence-electron chi connectivity index (χ3n) is 6.76. The summed E-state index contributed by atoms with van der Waals surface area (Å²) in [5, 5.41) is 3.09. The van der Waals surface area contributed by atoms with E-state index in [4.69, 9.17) is 13.8 Å². The molecule has 0 saturated heterocycles. The second-order valence-electron chi connectivity index (χ2n) is 11.2. The topological polar surface area (TPSA) is 73.9 Å². The van der Waals surface area contributed by atoms with Gasteiger partial charge in [0.15, 0.2) is 0 Å². The van der Waals surface area contributed by atoms with Crippen LogP contribution in [-0.2, 0) is 24.8 Å². The number of rotatable bonds is 15. The minimum absolute atomic E-state index is 0.279. The van der Waals surface area contributed by atoms with E-state index in [9.17, 15) is 9.36 Å². The third kappa shape index (κ3) is 11.3. The molecular weight excluding hydrogens is 485 g/mol. The van der Waals surface area contributed by atoms with Gasteiger partial charge in [-0.15, -0.1) is 0 Å². The van der Waals surface area contributed by atoms with E-state index in [2.05, 4.69) is 36.5 Å². The lowest BCUT2D eigenvalue weighted by Gasteiger charge is -2.30. The van der Waals surface area contributed by atoms with E-state index in [0.717, 1.165) is 12.8 Å². The molecule has 1 aromatic carbocycles. The number of alkyl carbamates (subject to hydrolysis) is 1. The van der Waals surface area contributed by atoms with Crippen LogP contribution in [0.15, 0.2) is 36.2 Å². The molecule has 37 heavy (non-hydrogen) atoms. The summed E-state index contributed by atoms with van der Waals surface area (Å²) in [6.45, 7) is 11.9. The number of nitrogens with one attached hydrogen (secondary N) is 1. The number of carbonyl (C=O) groups excluding carboxylic acids is 1. The standard InChI is InChI=1S/C30H50NO5P/c1-7-10-11-12-13-14-15-25-16-18-26(19-17-25)27-20-21-30(24-27,31-28(32)36-29(4,5)6)22-23-37(33,34-8-2)35-9-3/h16-19,22-23,27H,7-15,20-21,24H2,1-6H3,(H,31,32)/t27?,30-/m0/s1. The van der Waals surface area contributed by atoms with Gasteiger partial charge >= 0.3 is 13.7 Å². The normalized spacial score (nSPS) is 20.4. The smallest absolute Gasteiger partial charge is 0.408 e. The minimum Gasteiger partial charge on any atom is -0.444 e. The molecule has 0 heterocycles. The molecule has 6 nitrogen and oxygen atoms in total. The summed E-state index contributed by atoms with van der Waals surface area (Å²) >= 11 is 0. The predicted molar refractivity (Wildman–Crippen MR) is 152 cm³/mol. The highest BCUT2D eigenvalue weighted by Crippen LogP contribution is 2.51. The first-order chi connectivity index (χ1) is 17.5. The van der Waals surface area contributed by atoms with Crippen molar-refractivity contribution in [2.75, 3.05) is 13.2 Å². The summed E-state index contributed by atoms with van der Waals surface area (Å²) in [4.78, 5) is 12.8. The Hall–Kier alpha value is -1.62. The van der Waals surface area contributed by atoms with Crippen LogP contribution in [0.4, 0.5) is 4.79 Å². The van der Waals surface area contributed by atoms with Gasteiger partial charge in [-0.2, -0.15) is 0 Å².